The van der Waals surface area contributed by atoms with E-state index in [2.05, 4.69) is 5.32 Å². The number of anilines is 1. The van der Waals surface area contributed by atoms with Crippen LogP contribution in [0.3, 0.4) is 0 Å². The van der Waals surface area contributed by atoms with E-state index in [1.54, 1.807) is 19.1 Å². The van der Waals surface area contributed by atoms with Crippen molar-refractivity contribution in [2.24, 2.45) is 0 Å². The number of piperidine rings is 1. The Kier molecular flexibility index (Phi) is 7.30. The molecule has 0 aliphatic carbocycles. The molecule has 2 aromatic rings. The summed E-state index contributed by atoms with van der Waals surface area (Å²) in [5.41, 5.74) is 0.345. The first kappa shape index (κ1) is 23.2. The van der Waals surface area contributed by atoms with Gasteiger partial charge in [0.1, 0.15) is 11.4 Å². The molecule has 1 aliphatic heterocycles. The second kappa shape index (κ2) is 9.76. The van der Waals surface area contributed by atoms with Crippen LogP contribution in [-0.2, 0) is 19.6 Å². The molecule has 10 heteroatoms. The monoisotopic (exact) mass is 468 g/mol. The minimum atomic E-state index is -3.68. The third kappa shape index (κ3) is 5.41. The molecular weight excluding hydrogens is 447 g/mol. The highest BCUT2D eigenvalue weighted by molar-refractivity contribution is 7.89. The van der Waals surface area contributed by atoms with Gasteiger partial charge in [0.05, 0.1) is 9.92 Å². The quantitative estimate of drug-likeness (QED) is 0.651. The van der Waals surface area contributed by atoms with Gasteiger partial charge in [-0.15, -0.1) is 0 Å². The average Bonchev–Trinajstić information content (AvgIpc) is 2.74. The zero-order valence-electron chi connectivity index (χ0n) is 16.9. The second-order valence-electron chi connectivity index (χ2n) is 7.17. The predicted molar refractivity (Wildman–Crippen MR) is 114 cm³/mol. The molecule has 0 radical (unpaired) electrons. The molecule has 0 unspecified atom stereocenters. The molecule has 1 amide bonds. The van der Waals surface area contributed by atoms with Crippen LogP contribution < -0.4 is 5.32 Å². The average molecular weight is 469 g/mol. The summed E-state index contributed by atoms with van der Waals surface area (Å²) in [6.07, 6.45) is 2.62. The van der Waals surface area contributed by atoms with E-state index in [0.29, 0.717) is 18.7 Å². The van der Waals surface area contributed by atoms with Crippen LogP contribution in [0.5, 0.6) is 0 Å². The van der Waals surface area contributed by atoms with Crippen molar-refractivity contribution in [2.75, 3.05) is 25.0 Å². The van der Waals surface area contributed by atoms with Gasteiger partial charge in [-0.25, -0.2) is 17.6 Å². The van der Waals surface area contributed by atoms with Crippen LogP contribution in [0.2, 0.25) is 5.02 Å². The summed E-state index contributed by atoms with van der Waals surface area (Å²) >= 11 is 5.81. The molecule has 0 aromatic heterocycles. The minimum Gasteiger partial charge on any atom is -0.452 e. The summed E-state index contributed by atoms with van der Waals surface area (Å²) in [4.78, 5) is 24.3. The van der Waals surface area contributed by atoms with Gasteiger partial charge in [-0.2, -0.15) is 4.31 Å². The summed E-state index contributed by atoms with van der Waals surface area (Å²) < 4.78 is 46.0. The Hall–Kier alpha value is -2.49. The first-order valence-electron chi connectivity index (χ1n) is 9.72. The fraction of sp³-hybridized carbons (Fsp3) is 0.333. The number of carbonyl (C=O) groups excluding carboxylic acids is 2. The summed E-state index contributed by atoms with van der Waals surface area (Å²) in [7, 11) is -3.68. The van der Waals surface area contributed by atoms with Crippen molar-refractivity contribution in [2.45, 2.75) is 31.1 Å². The van der Waals surface area contributed by atoms with E-state index >= 15 is 0 Å². The van der Waals surface area contributed by atoms with Crippen molar-refractivity contribution in [3.05, 3.63) is 58.4 Å². The first-order valence-corrected chi connectivity index (χ1v) is 11.5. The van der Waals surface area contributed by atoms with Crippen molar-refractivity contribution >= 4 is 39.2 Å². The van der Waals surface area contributed by atoms with Crippen LogP contribution in [0.25, 0.3) is 0 Å². The number of rotatable bonds is 6. The predicted octanol–water partition coefficient (Wildman–Crippen LogP) is 3.76. The number of benzene rings is 2. The van der Waals surface area contributed by atoms with Crippen LogP contribution in [0.4, 0.5) is 10.1 Å². The van der Waals surface area contributed by atoms with E-state index in [1.807, 2.05) is 0 Å². The maximum absolute atomic E-state index is 13.8. The van der Waals surface area contributed by atoms with Crippen molar-refractivity contribution in [1.82, 2.24) is 4.31 Å². The fourth-order valence-electron chi connectivity index (χ4n) is 3.29. The highest BCUT2D eigenvalue weighted by Crippen LogP contribution is 2.26. The van der Waals surface area contributed by atoms with Crippen LogP contribution >= 0.6 is 11.6 Å². The molecule has 3 rings (SSSR count). The number of nitrogens with one attached hydrogen (secondary N) is 1. The second-order valence-corrected chi connectivity index (χ2v) is 9.48. The number of halogens is 2. The van der Waals surface area contributed by atoms with Gasteiger partial charge < -0.3 is 10.1 Å². The van der Waals surface area contributed by atoms with E-state index in [0.717, 1.165) is 25.3 Å². The largest absolute Gasteiger partial charge is 0.452 e. The zero-order chi connectivity index (χ0) is 22.6. The minimum absolute atomic E-state index is 0.113. The summed E-state index contributed by atoms with van der Waals surface area (Å²) in [6.45, 7) is 1.92. The van der Waals surface area contributed by atoms with Gasteiger partial charge in [0.2, 0.25) is 10.0 Å². The molecule has 2 aromatic carbocycles. The highest BCUT2D eigenvalue weighted by Gasteiger charge is 2.27. The van der Waals surface area contributed by atoms with Gasteiger partial charge in [0, 0.05) is 18.8 Å². The van der Waals surface area contributed by atoms with Gasteiger partial charge in [-0.3, -0.25) is 4.79 Å². The van der Waals surface area contributed by atoms with Gasteiger partial charge in [0.15, 0.2) is 6.61 Å². The molecule has 1 fully saturated rings. The van der Waals surface area contributed by atoms with Gasteiger partial charge in [-0.1, -0.05) is 30.2 Å². The lowest BCUT2D eigenvalue weighted by molar-refractivity contribution is -0.119. The van der Waals surface area contributed by atoms with E-state index in [-0.39, 0.29) is 15.6 Å². The van der Waals surface area contributed by atoms with Crippen LogP contribution in [0.15, 0.2) is 41.3 Å². The molecule has 0 spiro atoms. The maximum atomic E-state index is 13.8. The summed E-state index contributed by atoms with van der Waals surface area (Å²) in [5, 5.41) is 2.37. The molecule has 0 bridgehead atoms. The Bertz CT molecular complexity index is 1080. The molecule has 1 heterocycles. The molecule has 1 saturated heterocycles. The number of nitrogens with zero attached hydrogens (tertiary/aromatic N) is 1. The molecule has 31 heavy (non-hydrogen) atoms. The Morgan fingerprint density at radius 2 is 1.87 bits per heavy atom. The van der Waals surface area contributed by atoms with Crippen LogP contribution in [0.1, 0.15) is 35.2 Å². The SMILES string of the molecule is Cc1ccc(NC(=O)COC(=O)c2c(F)cccc2Cl)cc1S(=O)(=O)N1CCCCC1. The third-order valence-electron chi connectivity index (χ3n) is 4.91. The molecule has 1 N–H and O–H groups in total. The van der Waals surface area contributed by atoms with E-state index < -0.39 is 39.9 Å². The van der Waals surface area contributed by atoms with Crippen molar-refractivity contribution in [3.8, 4) is 0 Å². The summed E-state index contributed by atoms with van der Waals surface area (Å²) in [5.74, 6) is -2.63. The van der Waals surface area contributed by atoms with Gasteiger partial charge in [-0.05, 0) is 49.6 Å². The number of carbonyl (C=O) groups is 2. The van der Waals surface area contributed by atoms with Crippen LogP contribution in [0, 0.1) is 12.7 Å². The lowest BCUT2D eigenvalue weighted by atomic mass is 10.2. The Morgan fingerprint density at radius 3 is 2.55 bits per heavy atom. The molecule has 7 nitrogen and oxygen atoms in total. The number of aryl methyl sites for hydroxylation is 1. The normalized spacial score (nSPS) is 14.8. The Morgan fingerprint density at radius 1 is 1.16 bits per heavy atom. The maximum Gasteiger partial charge on any atom is 0.343 e. The topological polar surface area (TPSA) is 92.8 Å². The Balaban J connectivity index is 1.68. The standard InChI is InChI=1S/C21H22ClFN2O5S/c1-14-8-9-15(12-18(14)31(28,29)25-10-3-2-4-11-25)24-19(26)13-30-21(27)20-16(22)6-5-7-17(20)23/h5-9,12H,2-4,10-11,13H2,1H3,(H,24,26). The number of ether oxygens (including phenoxy) is 1. The number of hydrogen-bond acceptors (Lipinski definition) is 5. The van der Waals surface area contributed by atoms with E-state index in [1.165, 1.54) is 22.5 Å². The molecular formula is C21H22ClFN2O5S. The van der Waals surface area contributed by atoms with Gasteiger partial charge >= 0.3 is 5.97 Å². The molecule has 166 valence electrons. The number of amides is 1. The Labute approximate surface area is 185 Å². The van der Waals surface area contributed by atoms with Crippen molar-refractivity contribution < 1.29 is 27.1 Å². The lowest BCUT2D eigenvalue weighted by Gasteiger charge is -2.26. The van der Waals surface area contributed by atoms with E-state index in [9.17, 15) is 22.4 Å². The van der Waals surface area contributed by atoms with E-state index in [4.69, 9.17) is 16.3 Å². The van der Waals surface area contributed by atoms with Crippen LogP contribution in [-0.4, -0.2) is 44.3 Å². The summed E-state index contributed by atoms with van der Waals surface area (Å²) in [6, 6.07) is 8.26. The molecule has 1 aliphatic rings. The lowest BCUT2D eigenvalue weighted by Crippen LogP contribution is -2.36. The smallest absolute Gasteiger partial charge is 0.343 e. The number of hydrogen-bond donors (Lipinski definition) is 1. The molecule has 0 atom stereocenters. The first-order chi connectivity index (χ1) is 14.7. The van der Waals surface area contributed by atoms with Crippen molar-refractivity contribution in [1.29, 1.82) is 0 Å². The third-order valence-corrected chi connectivity index (χ3v) is 7.26. The van der Waals surface area contributed by atoms with Gasteiger partial charge in [0.25, 0.3) is 5.91 Å². The van der Waals surface area contributed by atoms with Crippen molar-refractivity contribution in [3.63, 3.8) is 0 Å². The number of esters is 1. The fourth-order valence-corrected chi connectivity index (χ4v) is 5.30. The molecule has 0 saturated carbocycles. The zero-order valence-corrected chi connectivity index (χ0v) is 18.4. The highest BCUT2D eigenvalue weighted by atomic mass is 35.5. The number of sulfonamides is 1.